The fourth-order valence-corrected chi connectivity index (χ4v) is 3.09. The number of nitrogens with zero attached hydrogens (tertiary/aromatic N) is 1. The summed E-state index contributed by atoms with van der Waals surface area (Å²) in [4.78, 5) is 2.46. The van der Waals surface area contributed by atoms with Crippen LogP contribution < -0.4 is 10.1 Å². The lowest BCUT2D eigenvalue weighted by Gasteiger charge is -2.26. The summed E-state index contributed by atoms with van der Waals surface area (Å²) in [5.74, 6) is 2.80. The summed E-state index contributed by atoms with van der Waals surface area (Å²) >= 11 is 0. The molecule has 3 unspecified atom stereocenters. The minimum atomic E-state index is 0.323. The summed E-state index contributed by atoms with van der Waals surface area (Å²) in [5, 5.41) is 3.61. The summed E-state index contributed by atoms with van der Waals surface area (Å²) in [7, 11) is 3.99. The molecule has 0 radical (unpaired) electrons. The lowest BCUT2D eigenvalue weighted by atomic mass is 10.0. The Hall–Kier alpha value is -1.06. The molecule has 3 nitrogen and oxygen atoms in total. The van der Waals surface area contributed by atoms with Gasteiger partial charge in [0.2, 0.25) is 0 Å². The van der Waals surface area contributed by atoms with E-state index in [9.17, 15) is 0 Å². The molecular formula is C18H30N2O. The third-order valence-electron chi connectivity index (χ3n) is 4.53. The highest BCUT2D eigenvalue weighted by molar-refractivity contribution is 5.39. The lowest BCUT2D eigenvalue weighted by molar-refractivity contribution is 0.274. The maximum absolute atomic E-state index is 5.56. The second kappa shape index (κ2) is 7.28. The van der Waals surface area contributed by atoms with E-state index in [-0.39, 0.29) is 0 Å². The highest BCUT2D eigenvalue weighted by Crippen LogP contribution is 2.38. The summed E-state index contributed by atoms with van der Waals surface area (Å²) in [5.41, 5.74) is 2.56. The summed E-state index contributed by atoms with van der Waals surface area (Å²) in [6, 6.07) is 6.77. The highest BCUT2D eigenvalue weighted by Gasteiger charge is 2.33. The minimum Gasteiger partial charge on any atom is -0.496 e. The van der Waals surface area contributed by atoms with Crippen molar-refractivity contribution < 1.29 is 4.74 Å². The maximum Gasteiger partial charge on any atom is 0.123 e. The van der Waals surface area contributed by atoms with Gasteiger partial charge in [-0.05, 0) is 44.8 Å². The molecule has 1 aliphatic carbocycles. The number of likely N-dealkylation sites (N-methyl/N-ethyl adjacent to an activating group) is 2. The van der Waals surface area contributed by atoms with Crippen LogP contribution in [0.5, 0.6) is 5.75 Å². The molecule has 21 heavy (non-hydrogen) atoms. The predicted octanol–water partition coefficient (Wildman–Crippen LogP) is 3.24. The topological polar surface area (TPSA) is 24.5 Å². The second-order valence-electron chi connectivity index (χ2n) is 6.55. The van der Waals surface area contributed by atoms with Gasteiger partial charge in [0.25, 0.3) is 0 Å². The van der Waals surface area contributed by atoms with Crippen LogP contribution in [0.4, 0.5) is 0 Å². The summed E-state index contributed by atoms with van der Waals surface area (Å²) < 4.78 is 5.56. The maximum atomic E-state index is 5.56. The molecule has 0 bridgehead atoms. The van der Waals surface area contributed by atoms with E-state index in [2.05, 4.69) is 56.2 Å². The van der Waals surface area contributed by atoms with E-state index in [1.165, 1.54) is 24.1 Å². The van der Waals surface area contributed by atoms with Gasteiger partial charge in [0.1, 0.15) is 5.75 Å². The number of rotatable bonds is 8. The van der Waals surface area contributed by atoms with Gasteiger partial charge in [-0.2, -0.15) is 0 Å². The first-order valence-electron chi connectivity index (χ1n) is 8.11. The van der Waals surface area contributed by atoms with Gasteiger partial charge < -0.3 is 15.0 Å². The molecule has 1 fully saturated rings. The number of nitrogens with one attached hydrogen (secondary N) is 1. The molecule has 3 heteroatoms. The Labute approximate surface area is 129 Å². The van der Waals surface area contributed by atoms with Crippen LogP contribution in [0, 0.1) is 18.8 Å². The van der Waals surface area contributed by atoms with E-state index in [0.717, 1.165) is 30.7 Å². The number of aryl methyl sites for hydroxylation is 1. The zero-order valence-corrected chi connectivity index (χ0v) is 14.1. The molecule has 118 valence electrons. The predicted molar refractivity (Wildman–Crippen MR) is 88.9 cm³/mol. The van der Waals surface area contributed by atoms with Crippen molar-refractivity contribution in [2.24, 2.45) is 11.8 Å². The van der Waals surface area contributed by atoms with E-state index in [4.69, 9.17) is 4.74 Å². The zero-order chi connectivity index (χ0) is 15.4. The van der Waals surface area contributed by atoms with Crippen LogP contribution in [-0.4, -0.2) is 38.7 Å². The molecule has 0 aromatic heterocycles. The smallest absolute Gasteiger partial charge is 0.123 e. The van der Waals surface area contributed by atoms with Gasteiger partial charge in [0, 0.05) is 24.7 Å². The van der Waals surface area contributed by atoms with Crippen molar-refractivity contribution in [2.45, 2.75) is 33.2 Å². The number of methoxy groups -OCH3 is 1. The Morgan fingerprint density at radius 2 is 2.14 bits per heavy atom. The first kappa shape index (κ1) is 16.3. The fourth-order valence-electron chi connectivity index (χ4n) is 3.09. The molecule has 3 atom stereocenters. The van der Waals surface area contributed by atoms with E-state index in [1.54, 1.807) is 7.11 Å². The molecule has 1 aromatic carbocycles. The highest BCUT2D eigenvalue weighted by atomic mass is 16.5. The van der Waals surface area contributed by atoms with Crippen LogP contribution in [0.1, 0.15) is 37.4 Å². The Bertz CT molecular complexity index is 461. The molecule has 1 aliphatic rings. The van der Waals surface area contributed by atoms with Gasteiger partial charge in [-0.1, -0.05) is 31.5 Å². The van der Waals surface area contributed by atoms with E-state index >= 15 is 0 Å². The minimum absolute atomic E-state index is 0.323. The molecule has 0 saturated heterocycles. The fraction of sp³-hybridized carbons (Fsp3) is 0.667. The van der Waals surface area contributed by atoms with Crippen LogP contribution in [-0.2, 0) is 0 Å². The second-order valence-corrected chi connectivity index (χ2v) is 6.55. The quantitative estimate of drug-likeness (QED) is 0.795. The van der Waals surface area contributed by atoms with Gasteiger partial charge in [-0.25, -0.2) is 0 Å². The van der Waals surface area contributed by atoms with E-state index in [0.29, 0.717) is 6.04 Å². The number of ether oxygens (including phenoxy) is 1. The lowest BCUT2D eigenvalue weighted by Crippen LogP contribution is -2.34. The van der Waals surface area contributed by atoms with Gasteiger partial charge in [0.15, 0.2) is 0 Å². The standard InChI is InChI=1S/C18H30N2O/c1-6-19-17(12-20(4)11-15-10-14(15)3)16-9-13(2)7-8-18(16)21-5/h7-9,14-15,17,19H,6,10-12H2,1-5H3. The Balaban J connectivity index is 2.08. The van der Waals surface area contributed by atoms with Gasteiger partial charge in [-0.3, -0.25) is 0 Å². The third-order valence-corrected chi connectivity index (χ3v) is 4.53. The van der Waals surface area contributed by atoms with Crippen LogP contribution in [0.3, 0.4) is 0 Å². The van der Waals surface area contributed by atoms with E-state index in [1.807, 2.05) is 0 Å². The number of hydrogen-bond donors (Lipinski definition) is 1. The molecule has 0 aliphatic heterocycles. The molecule has 2 rings (SSSR count). The van der Waals surface area contributed by atoms with Gasteiger partial charge in [-0.15, -0.1) is 0 Å². The molecule has 0 amide bonds. The Morgan fingerprint density at radius 1 is 1.43 bits per heavy atom. The molecular weight excluding hydrogens is 260 g/mol. The van der Waals surface area contributed by atoms with Crippen molar-refractivity contribution in [3.63, 3.8) is 0 Å². The Kier molecular flexibility index (Phi) is 5.65. The average molecular weight is 290 g/mol. The van der Waals surface area contributed by atoms with Crippen molar-refractivity contribution in [3.05, 3.63) is 29.3 Å². The normalized spacial score (nSPS) is 22.4. The SMILES string of the molecule is CCNC(CN(C)CC1CC1C)c1cc(C)ccc1OC. The average Bonchev–Trinajstić information content (AvgIpc) is 3.13. The van der Waals surface area contributed by atoms with Crippen molar-refractivity contribution >= 4 is 0 Å². The molecule has 1 aromatic rings. The Morgan fingerprint density at radius 3 is 2.71 bits per heavy atom. The zero-order valence-electron chi connectivity index (χ0n) is 14.1. The summed E-state index contributed by atoms with van der Waals surface area (Å²) in [6.45, 7) is 9.85. The van der Waals surface area contributed by atoms with Crippen LogP contribution in [0.2, 0.25) is 0 Å². The molecule has 1 N–H and O–H groups in total. The van der Waals surface area contributed by atoms with Crippen molar-refractivity contribution in [1.29, 1.82) is 0 Å². The van der Waals surface area contributed by atoms with Crippen LogP contribution in [0.15, 0.2) is 18.2 Å². The van der Waals surface area contributed by atoms with Gasteiger partial charge >= 0.3 is 0 Å². The largest absolute Gasteiger partial charge is 0.496 e. The molecule has 0 spiro atoms. The summed E-state index contributed by atoms with van der Waals surface area (Å²) in [6.07, 6.45) is 1.39. The van der Waals surface area contributed by atoms with Crippen molar-refractivity contribution in [3.8, 4) is 5.75 Å². The van der Waals surface area contributed by atoms with Crippen molar-refractivity contribution in [2.75, 3.05) is 33.8 Å². The van der Waals surface area contributed by atoms with Crippen molar-refractivity contribution in [1.82, 2.24) is 10.2 Å². The third kappa shape index (κ3) is 4.45. The monoisotopic (exact) mass is 290 g/mol. The molecule has 0 heterocycles. The number of benzene rings is 1. The molecule has 1 saturated carbocycles. The van der Waals surface area contributed by atoms with E-state index < -0.39 is 0 Å². The first-order chi connectivity index (χ1) is 10.0. The van der Waals surface area contributed by atoms with Crippen LogP contribution in [0.25, 0.3) is 0 Å². The first-order valence-corrected chi connectivity index (χ1v) is 8.11. The van der Waals surface area contributed by atoms with Gasteiger partial charge in [0.05, 0.1) is 7.11 Å². The van der Waals surface area contributed by atoms with Crippen LogP contribution >= 0.6 is 0 Å². The number of hydrogen-bond acceptors (Lipinski definition) is 3.